The molecule has 262 valence electrons. The molecule has 49 heavy (non-hydrogen) atoms. The number of halogens is 2. The Hall–Kier alpha value is -3.70. The molecular weight excluding hydrogens is 667 g/mol. The lowest BCUT2D eigenvalue weighted by Gasteiger charge is -2.45. The molecule has 2 aromatic heterocycles. The highest BCUT2D eigenvalue weighted by Crippen LogP contribution is 2.43. The number of rotatable bonds is 9. The van der Waals surface area contributed by atoms with E-state index in [9.17, 15) is 13.5 Å². The number of aliphatic hydroxyl groups is 1. The lowest BCUT2D eigenvalue weighted by atomic mass is 9.94. The molecule has 0 atom stereocenters. The maximum atomic E-state index is 17.1. The van der Waals surface area contributed by atoms with Crippen molar-refractivity contribution < 1.29 is 31.8 Å². The third kappa shape index (κ3) is 6.63. The Labute approximate surface area is 288 Å². The molecule has 0 amide bonds. The molecule has 9 nitrogen and oxygen atoms in total. The van der Waals surface area contributed by atoms with Crippen LogP contribution in [0.2, 0.25) is 16.6 Å². The molecule has 2 aromatic carbocycles. The topological polar surface area (TPSA) is 115 Å². The molecule has 1 aliphatic rings. The predicted molar refractivity (Wildman–Crippen MR) is 191 cm³/mol. The van der Waals surface area contributed by atoms with Crippen molar-refractivity contribution in [1.82, 2.24) is 15.0 Å². The zero-order chi connectivity index (χ0) is 36.2. The number of aryl methyl sites for hydroxylation is 1. The molecular formula is C36H44F2N4O5SSi. The van der Waals surface area contributed by atoms with Gasteiger partial charge in [0.2, 0.25) is 15.0 Å². The number of nitrogens with zero attached hydrogens (tertiary/aromatic N) is 4. The summed E-state index contributed by atoms with van der Waals surface area (Å²) in [5.74, 6) is 2.26. The van der Waals surface area contributed by atoms with E-state index in [4.69, 9.17) is 14.5 Å². The van der Waals surface area contributed by atoms with Gasteiger partial charge in [0.05, 0.1) is 22.2 Å². The molecule has 0 bridgehead atoms. The van der Waals surface area contributed by atoms with Crippen molar-refractivity contribution in [2.75, 3.05) is 38.1 Å². The Morgan fingerprint density at radius 1 is 1.02 bits per heavy atom. The van der Waals surface area contributed by atoms with Crippen LogP contribution < -0.4 is 9.64 Å². The lowest BCUT2D eigenvalue weighted by molar-refractivity contribution is 0.0306. The van der Waals surface area contributed by atoms with Crippen LogP contribution in [0.25, 0.3) is 32.9 Å². The van der Waals surface area contributed by atoms with Crippen LogP contribution in [0.15, 0.2) is 29.4 Å². The molecule has 4 aromatic rings. The lowest BCUT2D eigenvalue weighted by Crippen LogP contribution is -2.60. The highest BCUT2D eigenvalue weighted by atomic mass is 32.2. The summed E-state index contributed by atoms with van der Waals surface area (Å²) < 4.78 is 69.4. The van der Waals surface area contributed by atoms with Crippen LogP contribution in [0.4, 0.5) is 14.6 Å². The van der Waals surface area contributed by atoms with Crippen LogP contribution in [0.5, 0.6) is 5.75 Å². The van der Waals surface area contributed by atoms with Crippen LogP contribution in [0.1, 0.15) is 59.7 Å². The number of ether oxygens (including phenoxy) is 2. The fraction of sp³-hybridized carbons (Fsp3) is 0.472. The minimum Gasteiger partial charge on any atom is -0.468 e. The van der Waals surface area contributed by atoms with E-state index in [0.29, 0.717) is 38.8 Å². The van der Waals surface area contributed by atoms with Gasteiger partial charge in [-0.1, -0.05) is 53.5 Å². The molecule has 1 N–H and O–H groups in total. The summed E-state index contributed by atoms with van der Waals surface area (Å²) in [6.07, 6.45) is 0.948. The molecule has 13 heteroatoms. The molecule has 0 spiro atoms. The van der Waals surface area contributed by atoms with Crippen molar-refractivity contribution in [3.05, 3.63) is 47.2 Å². The van der Waals surface area contributed by atoms with Crippen molar-refractivity contribution in [3.8, 4) is 28.5 Å². The predicted octanol–water partition coefficient (Wildman–Crippen LogP) is 6.96. The maximum absolute atomic E-state index is 17.1. The summed E-state index contributed by atoms with van der Waals surface area (Å²) in [5.41, 5.74) is 3.66. The number of hydrogen-bond donors (Lipinski definition) is 1. The second kappa shape index (κ2) is 13.2. The Balaban J connectivity index is 1.89. The van der Waals surface area contributed by atoms with Gasteiger partial charge in [0.15, 0.2) is 12.6 Å². The first kappa shape index (κ1) is 36.6. The van der Waals surface area contributed by atoms with Crippen molar-refractivity contribution in [3.63, 3.8) is 0 Å². The van der Waals surface area contributed by atoms with Crippen molar-refractivity contribution in [2.24, 2.45) is 0 Å². The van der Waals surface area contributed by atoms with Gasteiger partial charge >= 0.3 is 0 Å². The van der Waals surface area contributed by atoms with Crippen LogP contribution in [0, 0.1) is 30.0 Å². The van der Waals surface area contributed by atoms with Crippen molar-refractivity contribution in [2.45, 2.75) is 82.8 Å². The summed E-state index contributed by atoms with van der Waals surface area (Å²) in [6.45, 7) is 16.5. The number of sulfone groups is 1. The second-order valence-corrected chi connectivity index (χ2v) is 21.7. The molecule has 3 heterocycles. The molecule has 0 radical (unpaired) electrons. The van der Waals surface area contributed by atoms with Gasteiger partial charge in [-0.2, -0.15) is 0 Å². The zero-order valence-corrected chi connectivity index (χ0v) is 31.5. The highest BCUT2D eigenvalue weighted by molar-refractivity contribution is 7.90. The molecule has 0 saturated carbocycles. The van der Waals surface area contributed by atoms with Gasteiger partial charge in [0.1, 0.15) is 36.7 Å². The SMILES string of the molecule is COCOc1cc(-c2nc(C)c3c(N4CC(C)(O)C4)nc(S(C)(=O)=O)nc3c2F)c2c(C#C[Si](C(C)C)(C(C)C)C(C)C)c(F)ccc2c1. The Kier molecular flexibility index (Phi) is 9.86. The smallest absolute Gasteiger partial charge is 0.249 e. The first-order valence-corrected chi connectivity index (χ1v) is 20.4. The minimum atomic E-state index is -3.97. The summed E-state index contributed by atoms with van der Waals surface area (Å²) in [4.78, 5) is 14.8. The third-order valence-corrected chi connectivity index (χ3v) is 16.7. The number of anilines is 1. The number of pyridine rings is 1. The summed E-state index contributed by atoms with van der Waals surface area (Å²) >= 11 is 0. The first-order chi connectivity index (χ1) is 22.8. The number of β-amino-alcohol motifs (C(OH)–C–C–N with tert-alkyl or cyclic N) is 1. The van der Waals surface area contributed by atoms with E-state index >= 15 is 8.78 Å². The van der Waals surface area contributed by atoms with E-state index in [2.05, 4.69) is 63.0 Å². The molecule has 5 rings (SSSR count). The number of methoxy groups -OCH3 is 1. The number of fused-ring (bicyclic) bond motifs is 2. The second-order valence-electron chi connectivity index (χ2n) is 14.2. The Bertz CT molecular complexity index is 2100. The van der Waals surface area contributed by atoms with E-state index in [1.807, 2.05) is 0 Å². The molecule has 1 fully saturated rings. The highest BCUT2D eigenvalue weighted by Gasteiger charge is 2.42. The summed E-state index contributed by atoms with van der Waals surface area (Å²) in [5, 5.41) is 11.0. The molecule has 1 saturated heterocycles. The quantitative estimate of drug-likeness (QED) is 0.0853. The molecule has 0 unspecified atom stereocenters. The maximum Gasteiger partial charge on any atom is 0.249 e. The average Bonchev–Trinajstić information content (AvgIpc) is 2.99. The number of benzene rings is 2. The largest absolute Gasteiger partial charge is 0.468 e. The van der Waals surface area contributed by atoms with Gasteiger partial charge in [-0.3, -0.25) is 0 Å². The van der Waals surface area contributed by atoms with Crippen LogP contribution in [-0.2, 0) is 14.6 Å². The fourth-order valence-corrected chi connectivity index (χ4v) is 13.1. The van der Waals surface area contributed by atoms with Crippen LogP contribution in [-0.4, -0.2) is 75.4 Å². The van der Waals surface area contributed by atoms with E-state index < -0.39 is 40.3 Å². The van der Waals surface area contributed by atoms with E-state index in [1.165, 1.54) is 13.2 Å². The molecule has 0 aliphatic carbocycles. The van der Waals surface area contributed by atoms with Gasteiger partial charge in [-0.25, -0.2) is 32.2 Å². The fourth-order valence-electron chi connectivity index (χ4n) is 7.34. The van der Waals surface area contributed by atoms with E-state index in [-0.39, 0.29) is 53.4 Å². The van der Waals surface area contributed by atoms with E-state index in [0.717, 1.165) is 6.26 Å². The average molecular weight is 711 g/mol. The van der Waals surface area contributed by atoms with Gasteiger partial charge < -0.3 is 19.5 Å². The number of hydrogen-bond acceptors (Lipinski definition) is 9. The normalized spacial score (nSPS) is 14.9. The van der Waals surface area contributed by atoms with Crippen molar-refractivity contribution >= 4 is 45.4 Å². The monoisotopic (exact) mass is 710 g/mol. The van der Waals surface area contributed by atoms with Crippen LogP contribution >= 0.6 is 0 Å². The standard InChI is InChI=1S/C36H44F2N4O5SSi/c1-20(2)49(21(3)4,22(5)6)14-13-26-28(37)12-11-24-15-25(47-19-46-9)16-27(30(24)26)32-31(38)33-29(23(7)39-32)34(42-17-36(8,43)18-42)41-35(40-33)48(10,44)45/h11-12,15-16,20-22,43H,17-19H2,1-10H3. The van der Waals surface area contributed by atoms with Gasteiger partial charge in [0, 0.05) is 37.4 Å². The van der Waals surface area contributed by atoms with Gasteiger partial charge in [-0.05, 0) is 54.1 Å². The number of aromatic nitrogens is 3. The van der Waals surface area contributed by atoms with Gasteiger partial charge in [0.25, 0.3) is 0 Å². The Morgan fingerprint density at radius 2 is 1.65 bits per heavy atom. The zero-order valence-electron chi connectivity index (χ0n) is 29.7. The summed E-state index contributed by atoms with van der Waals surface area (Å²) in [6, 6.07) is 6.20. The third-order valence-electron chi connectivity index (χ3n) is 9.53. The molecule has 1 aliphatic heterocycles. The van der Waals surface area contributed by atoms with E-state index in [1.54, 1.807) is 36.9 Å². The Morgan fingerprint density at radius 3 is 2.20 bits per heavy atom. The van der Waals surface area contributed by atoms with Gasteiger partial charge in [-0.15, -0.1) is 5.54 Å². The van der Waals surface area contributed by atoms with Crippen molar-refractivity contribution in [1.29, 1.82) is 0 Å². The first-order valence-electron chi connectivity index (χ1n) is 16.3. The van der Waals surface area contributed by atoms with Crippen LogP contribution in [0.3, 0.4) is 0 Å². The minimum absolute atomic E-state index is 0.0926. The summed E-state index contributed by atoms with van der Waals surface area (Å²) in [7, 11) is -4.81.